The summed E-state index contributed by atoms with van der Waals surface area (Å²) in [5, 5.41) is 3.32. The van der Waals surface area contributed by atoms with Crippen LogP contribution in [0.4, 0.5) is 0 Å². The highest BCUT2D eigenvalue weighted by atomic mass is 32.2. The first-order chi connectivity index (χ1) is 8.89. The van der Waals surface area contributed by atoms with Gasteiger partial charge in [-0.1, -0.05) is 11.8 Å². The molecule has 0 bridgehead atoms. The zero-order valence-corrected chi connectivity index (χ0v) is 12.1. The van der Waals surface area contributed by atoms with E-state index in [2.05, 4.69) is 15.3 Å². The summed E-state index contributed by atoms with van der Waals surface area (Å²) in [5.74, 6) is 0.133. The maximum Gasteiger partial charge on any atom is 0.230 e. The molecule has 1 aliphatic rings. The highest BCUT2D eigenvalue weighted by molar-refractivity contribution is 7.99. The first-order valence-corrected chi connectivity index (χ1v) is 8.61. The average Bonchev–Trinajstić information content (AvgIpc) is 2.62. The molecule has 1 aromatic heterocycles. The van der Waals surface area contributed by atoms with Gasteiger partial charge in [0, 0.05) is 12.4 Å². The number of hydrogen-bond donors (Lipinski definition) is 1. The number of sulfone groups is 1. The topological polar surface area (TPSA) is 89.0 Å². The summed E-state index contributed by atoms with van der Waals surface area (Å²) in [4.78, 5) is 19.8. The minimum atomic E-state index is -3.01. The van der Waals surface area contributed by atoms with Crippen molar-refractivity contribution in [3.63, 3.8) is 0 Å². The molecule has 1 aromatic rings. The molecule has 1 fully saturated rings. The van der Waals surface area contributed by atoms with E-state index in [9.17, 15) is 13.2 Å². The monoisotopic (exact) mass is 301 g/mol. The van der Waals surface area contributed by atoms with Crippen LogP contribution in [0.15, 0.2) is 23.6 Å². The van der Waals surface area contributed by atoms with Crippen LogP contribution in [0.25, 0.3) is 0 Å². The second-order valence-electron chi connectivity index (χ2n) is 4.77. The van der Waals surface area contributed by atoms with Gasteiger partial charge in [-0.3, -0.25) is 4.79 Å². The van der Waals surface area contributed by atoms with Gasteiger partial charge in [-0.05, 0) is 19.4 Å². The molecule has 1 atom stereocenters. The zero-order chi connectivity index (χ0) is 13.9. The average molecular weight is 301 g/mol. The lowest BCUT2D eigenvalue weighted by molar-refractivity contribution is -0.120. The van der Waals surface area contributed by atoms with Gasteiger partial charge in [0.05, 0.1) is 22.8 Å². The number of hydrogen-bond acceptors (Lipinski definition) is 6. The molecule has 19 heavy (non-hydrogen) atoms. The quantitative estimate of drug-likeness (QED) is 0.634. The van der Waals surface area contributed by atoms with Crippen LogP contribution < -0.4 is 5.32 Å². The molecule has 1 aliphatic heterocycles. The minimum absolute atomic E-state index is 0.0121. The van der Waals surface area contributed by atoms with Crippen molar-refractivity contribution in [1.82, 2.24) is 15.3 Å². The van der Waals surface area contributed by atoms with E-state index in [0.717, 1.165) is 0 Å². The molecule has 2 rings (SSSR count). The van der Waals surface area contributed by atoms with Gasteiger partial charge in [-0.15, -0.1) is 0 Å². The molecule has 0 spiro atoms. The molecule has 0 aliphatic carbocycles. The van der Waals surface area contributed by atoms with Gasteiger partial charge in [0.1, 0.15) is 0 Å². The minimum Gasteiger partial charge on any atom is -0.349 e. The second kappa shape index (κ2) is 5.46. The molecule has 104 valence electrons. The lowest BCUT2D eigenvalue weighted by Crippen LogP contribution is -2.47. The third-order valence-electron chi connectivity index (χ3n) is 2.82. The van der Waals surface area contributed by atoms with Gasteiger partial charge in [0.25, 0.3) is 0 Å². The summed E-state index contributed by atoms with van der Waals surface area (Å²) in [5.41, 5.74) is -0.645. The van der Waals surface area contributed by atoms with Crippen molar-refractivity contribution in [1.29, 1.82) is 0 Å². The first kappa shape index (κ1) is 14.3. The summed E-state index contributed by atoms with van der Waals surface area (Å²) in [6.45, 7) is 1.76. The summed E-state index contributed by atoms with van der Waals surface area (Å²) in [6, 6.07) is 1.70. The lowest BCUT2D eigenvalue weighted by Gasteiger charge is -2.23. The van der Waals surface area contributed by atoms with Crippen LogP contribution in [0, 0.1) is 0 Å². The van der Waals surface area contributed by atoms with Crippen molar-refractivity contribution in [2.75, 3.05) is 17.3 Å². The molecule has 2 heterocycles. The molecular formula is C11H15N3O3S2. The Morgan fingerprint density at radius 2 is 2.16 bits per heavy atom. The van der Waals surface area contributed by atoms with Crippen LogP contribution in [0.1, 0.15) is 13.3 Å². The maximum absolute atomic E-state index is 11.8. The van der Waals surface area contributed by atoms with Gasteiger partial charge in [-0.25, -0.2) is 18.4 Å². The van der Waals surface area contributed by atoms with Gasteiger partial charge >= 0.3 is 0 Å². The summed E-state index contributed by atoms with van der Waals surface area (Å²) in [7, 11) is -3.01. The van der Waals surface area contributed by atoms with Crippen molar-refractivity contribution >= 4 is 27.5 Å². The molecule has 1 amide bonds. The van der Waals surface area contributed by atoms with E-state index in [0.29, 0.717) is 11.6 Å². The Morgan fingerprint density at radius 1 is 1.47 bits per heavy atom. The molecule has 0 saturated carbocycles. The number of amides is 1. The molecule has 0 aromatic carbocycles. The number of rotatable bonds is 4. The predicted molar refractivity (Wildman–Crippen MR) is 72.6 cm³/mol. The van der Waals surface area contributed by atoms with E-state index in [-0.39, 0.29) is 23.2 Å². The van der Waals surface area contributed by atoms with Crippen molar-refractivity contribution in [3.05, 3.63) is 18.5 Å². The van der Waals surface area contributed by atoms with Crippen LogP contribution in [0.3, 0.4) is 0 Å². The summed E-state index contributed by atoms with van der Waals surface area (Å²) in [6.07, 6.45) is 3.68. The third kappa shape index (κ3) is 4.17. The smallest absolute Gasteiger partial charge is 0.230 e. The van der Waals surface area contributed by atoms with Crippen LogP contribution in [0.2, 0.25) is 0 Å². The van der Waals surface area contributed by atoms with E-state index in [1.54, 1.807) is 25.4 Å². The van der Waals surface area contributed by atoms with E-state index in [1.165, 1.54) is 11.8 Å². The molecule has 0 radical (unpaired) electrons. The Kier molecular flexibility index (Phi) is 4.10. The Bertz CT molecular complexity index is 562. The summed E-state index contributed by atoms with van der Waals surface area (Å²) >= 11 is 1.23. The number of carbonyl (C=O) groups excluding carboxylic acids is 1. The molecule has 0 unspecified atom stereocenters. The van der Waals surface area contributed by atoms with Crippen LogP contribution in [-0.4, -0.2) is 47.1 Å². The van der Waals surface area contributed by atoms with E-state index < -0.39 is 15.4 Å². The predicted octanol–water partition coefficient (Wildman–Crippen LogP) is 0.262. The van der Waals surface area contributed by atoms with Crippen molar-refractivity contribution in [2.45, 2.75) is 24.0 Å². The fraction of sp³-hybridized carbons (Fsp3) is 0.545. The van der Waals surface area contributed by atoms with E-state index in [1.807, 2.05) is 0 Å². The Morgan fingerprint density at radius 3 is 2.74 bits per heavy atom. The molecule has 6 nitrogen and oxygen atoms in total. The van der Waals surface area contributed by atoms with E-state index >= 15 is 0 Å². The zero-order valence-electron chi connectivity index (χ0n) is 10.5. The normalized spacial score (nSPS) is 25.1. The van der Waals surface area contributed by atoms with Crippen molar-refractivity contribution < 1.29 is 13.2 Å². The molecular weight excluding hydrogens is 286 g/mol. The lowest BCUT2D eigenvalue weighted by atomic mass is 10.0. The maximum atomic E-state index is 11.8. The molecule has 8 heteroatoms. The van der Waals surface area contributed by atoms with Crippen molar-refractivity contribution in [2.24, 2.45) is 0 Å². The molecule has 1 saturated heterocycles. The number of nitrogens with one attached hydrogen (secondary N) is 1. The Hall–Kier alpha value is -1.15. The highest BCUT2D eigenvalue weighted by Gasteiger charge is 2.39. The number of aromatic nitrogens is 2. The van der Waals surface area contributed by atoms with E-state index in [4.69, 9.17) is 0 Å². The Labute approximate surface area is 116 Å². The van der Waals surface area contributed by atoms with Gasteiger partial charge in [-0.2, -0.15) is 0 Å². The van der Waals surface area contributed by atoms with Gasteiger partial charge in [0.15, 0.2) is 15.0 Å². The second-order valence-corrected chi connectivity index (χ2v) is 7.90. The third-order valence-corrected chi connectivity index (χ3v) is 5.60. The first-order valence-electron chi connectivity index (χ1n) is 5.80. The van der Waals surface area contributed by atoms with Gasteiger partial charge < -0.3 is 5.32 Å². The van der Waals surface area contributed by atoms with Crippen molar-refractivity contribution in [3.8, 4) is 0 Å². The largest absolute Gasteiger partial charge is 0.349 e. The fourth-order valence-corrected chi connectivity index (χ4v) is 4.67. The SMILES string of the molecule is C[C@@]1(NC(=O)CSc2ncccn2)CCS(=O)(=O)C1. The van der Waals surface area contributed by atoms with Crippen LogP contribution >= 0.6 is 11.8 Å². The van der Waals surface area contributed by atoms with Crippen LogP contribution in [-0.2, 0) is 14.6 Å². The Balaban J connectivity index is 1.85. The standard InChI is InChI=1S/C11H15N3O3S2/c1-11(3-6-19(16,17)8-11)14-9(15)7-18-10-12-4-2-5-13-10/h2,4-5H,3,6-8H2,1H3,(H,14,15)/t11-/m1/s1. The number of nitrogens with zero attached hydrogens (tertiary/aromatic N) is 2. The number of thioether (sulfide) groups is 1. The molecule has 1 N–H and O–H groups in total. The highest BCUT2D eigenvalue weighted by Crippen LogP contribution is 2.23. The van der Waals surface area contributed by atoms with Gasteiger partial charge in [0.2, 0.25) is 5.91 Å². The summed E-state index contributed by atoms with van der Waals surface area (Å²) < 4.78 is 22.9. The number of carbonyl (C=O) groups is 1. The fourth-order valence-electron chi connectivity index (χ4n) is 1.97. The van der Waals surface area contributed by atoms with Crippen LogP contribution in [0.5, 0.6) is 0 Å².